The molecule has 0 aliphatic heterocycles. The van der Waals surface area contributed by atoms with Gasteiger partial charge in [-0.15, -0.1) is 12.4 Å². The third kappa shape index (κ3) is 3.02. The Hall–Kier alpha value is -1.09. The van der Waals surface area contributed by atoms with Gasteiger partial charge in [-0.25, -0.2) is 0 Å². The monoisotopic (exact) mass is 265 g/mol. The van der Waals surface area contributed by atoms with E-state index in [0.717, 1.165) is 23.8 Å². The van der Waals surface area contributed by atoms with Crippen molar-refractivity contribution in [3.63, 3.8) is 0 Å². The number of benzene rings is 2. The average molecular weight is 266 g/mol. The van der Waals surface area contributed by atoms with Gasteiger partial charge in [-0.1, -0.05) is 55.8 Å². The Morgan fingerprint density at radius 2 is 1.78 bits per heavy atom. The van der Waals surface area contributed by atoms with Crippen molar-refractivity contribution in [2.75, 3.05) is 0 Å². The summed E-state index contributed by atoms with van der Waals surface area (Å²) in [5.41, 5.74) is 7.17. The van der Waals surface area contributed by atoms with Gasteiger partial charge in [0.1, 0.15) is 0 Å². The van der Waals surface area contributed by atoms with Crippen LogP contribution in [-0.2, 0) is 0 Å². The maximum atomic E-state index is 10.0. The quantitative estimate of drug-likeness (QED) is 0.890. The molecule has 2 aromatic rings. The topological polar surface area (TPSA) is 46.2 Å². The van der Waals surface area contributed by atoms with Gasteiger partial charge in [-0.05, 0) is 22.8 Å². The fourth-order valence-electron chi connectivity index (χ4n) is 2.22. The van der Waals surface area contributed by atoms with Crippen LogP contribution in [0.2, 0.25) is 0 Å². The lowest BCUT2D eigenvalue weighted by Crippen LogP contribution is -2.26. The highest BCUT2D eigenvalue weighted by atomic mass is 35.5. The van der Waals surface area contributed by atoms with Crippen LogP contribution in [0, 0.1) is 0 Å². The molecule has 0 bridgehead atoms. The standard InChI is InChI=1S/C15H19NO.ClH/c1-2-6-14(17)15(16)13-10-5-8-11-7-3-4-9-12(11)13;/h3-5,7-10,14-15,17H,2,6,16H2,1H3;1H/t14-,15+;/m1./s1. The van der Waals surface area contributed by atoms with Crippen molar-refractivity contribution < 1.29 is 5.11 Å². The van der Waals surface area contributed by atoms with Crippen molar-refractivity contribution in [1.82, 2.24) is 0 Å². The second-order valence-electron chi connectivity index (χ2n) is 4.45. The van der Waals surface area contributed by atoms with E-state index in [9.17, 15) is 5.11 Å². The molecule has 0 saturated carbocycles. The molecular formula is C15H20ClNO. The molecule has 0 aromatic heterocycles. The maximum absolute atomic E-state index is 10.0. The van der Waals surface area contributed by atoms with Crippen LogP contribution < -0.4 is 5.73 Å². The normalized spacial score (nSPS) is 13.9. The summed E-state index contributed by atoms with van der Waals surface area (Å²) in [4.78, 5) is 0. The molecule has 0 heterocycles. The highest BCUT2D eigenvalue weighted by Gasteiger charge is 2.17. The van der Waals surface area contributed by atoms with E-state index < -0.39 is 6.10 Å². The second-order valence-corrected chi connectivity index (χ2v) is 4.45. The number of halogens is 1. The summed E-state index contributed by atoms with van der Waals surface area (Å²) in [6, 6.07) is 13.9. The largest absolute Gasteiger partial charge is 0.391 e. The Kier molecular flexibility index (Phi) is 5.60. The van der Waals surface area contributed by atoms with Gasteiger partial charge in [-0.3, -0.25) is 0 Å². The summed E-state index contributed by atoms with van der Waals surface area (Å²) >= 11 is 0. The summed E-state index contributed by atoms with van der Waals surface area (Å²) in [6.45, 7) is 2.05. The van der Waals surface area contributed by atoms with E-state index in [1.165, 1.54) is 5.39 Å². The van der Waals surface area contributed by atoms with E-state index in [4.69, 9.17) is 5.73 Å². The lowest BCUT2D eigenvalue weighted by molar-refractivity contribution is 0.135. The van der Waals surface area contributed by atoms with Crippen LogP contribution in [-0.4, -0.2) is 11.2 Å². The molecule has 0 fully saturated rings. The van der Waals surface area contributed by atoms with Crippen molar-refractivity contribution in [3.8, 4) is 0 Å². The lowest BCUT2D eigenvalue weighted by atomic mass is 9.94. The van der Waals surface area contributed by atoms with Crippen LogP contribution in [0.5, 0.6) is 0 Å². The van der Waals surface area contributed by atoms with Crippen LogP contribution in [0.1, 0.15) is 31.4 Å². The molecule has 2 atom stereocenters. The Balaban J connectivity index is 0.00000162. The molecule has 0 amide bonds. The number of aliphatic hydroxyl groups is 1. The molecule has 0 aliphatic rings. The Morgan fingerprint density at radius 1 is 1.11 bits per heavy atom. The molecule has 0 aliphatic carbocycles. The second kappa shape index (κ2) is 6.74. The minimum atomic E-state index is -0.467. The maximum Gasteiger partial charge on any atom is 0.0732 e. The molecule has 3 heteroatoms. The number of rotatable bonds is 4. The lowest BCUT2D eigenvalue weighted by Gasteiger charge is -2.20. The molecule has 2 aromatic carbocycles. The Labute approximate surface area is 114 Å². The molecule has 0 spiro atoms. The van der Waals surface area contributed by atoms with Gasteiger partial charge in [-0.2, -0.15) is 0 Å². The molecule has 98 valence electrons. The molecule has 3 N–H and O–H groups in total. The minimum Gasteiger partial charge on any atom is -0.391 e. The molecule has 0 radical (unpaired) electrons. The summed E-state index contributed by atoms with van der Waals surface area (Å²) in [5.74, 6) is 0. The first-order valence-corrected chi connectivity index (χ1v) is 6.15. The van der Waals surface area contributed by atoms with Crippen LogP contribution in [0.15, 0.2) is 42.5 Å². The number of hydrogen-bond acceptors (Lipinski definition) is 2. The fraction of sp³-hybridized carbons (Fsp3) is 0.333. The van der Waals surface area contributed by atoms with Gasteiger partial charge < -0.3 is 10.8 Å². The van der Waals surface area contributed by atoms with Crippen LogP contribution >= 0.6 is 12.4 Å². The van der Waals surface area contributed by atoms with E-state index in [2.05, 4.69) is 25.1 Å². The molecule has 18 heavy (non-hydrogen) atoms. The first kappa shape index (κ1) is 15.0. The van der Waals surface area contributed by atoms with Crippen molar-refractivity contribution in [1.29, 1.82) is 0 Å². The molecule has 2 nitrogen and oxygen atoms in total. The first-order valence-electron chi connectivity index (χ1n) is 6.15. The van der Waals surface area contributed by atoms with Crippen LogP contribution in [0.3, 0.4) is 0 Å². The van der Waals surface area contributed by atoms with Crippen molar-refractivity contribution in [2.24, 2.45) is 5.73 Å². The Morgan fingerprint density at radius 3 is 2.50 bits per heavy atom. The predicted molar refractivity (Wildman–Crippen MR) is 79.0 cm³/mol. The Bertz CT molecular complexity index is 495. The van der Waals surface area contributed by atoms with Crippen LogP contribution in [0.25, 0.3) is 10.8 Å². The zero-order chi connectivity index (χ0) is 12.3. The molecule has 2 rings (SSSR count). The minimum absolute atomic E-state index is 0. The van der Waals surface area contributed by atoms with E-state index in [1.54, 1.807) is 0 Å². The summed E-state index contributed by atoms with van der Waals surface area (Å²) in [7, 11) is 0. The summed E-state index contributed by atoms with van der Waals surface area (Å²) < 4.78 is 0. The molecule has 0 saturated heterocycles. The number of nitrogens with two attached hydrogens (primary N) is 1. The van der Waals surface area contributed by atoms with Crippen LogP contribution in [0.4, 0.5) is 0 Å². The highest BCUT2D eigenvalue weighted by Crippen LogP contribution is 2.26. The van der Waals surface area contributed by atoms with Gasteiger partial charge in [0.15, 0.2) is 0 Å². The number of fused-ring (bicyclic) bond motifs is 1. The van der Waals surface area contributed by atoms with Gasteiger partial charge in [0, 0.05) is 0 Å². The van der Waals surface area contributed by atoms with Crippen molar-refractivity contribution >= 4 is 23.2 Å². The highest BCUT2D eigenvalue weighted by molar-refractivity contribution is 5.86. The predicted octanol–water partition coefficient (Wildman–Crippen LogP) is 3.42. The summed E-state index contributed by atoms with van der Waals surface area (Å²) in [6.07, 6.45) is 1.22. The van der Waals surface area contributed by atoms with Crippen molar-refractivity contribution in [2.45, 2.75) is 31.9 Å². The van der Waals surface area contributed by atoms with Gasteiger partial charge in [0.2, 0.25) is 0 Å². The zero-order valence-electron chi connectivity index (χ0n) is 10.5. The van der Waals surface area contributed by atoms with Gasteiger partial charge in [0.05, 0.1) is 12.1 Å². The molecule has 0 unspecified atom stereocenters. The first-order chi connectivity index (χ1) is 8.24. The fourth-order valence-corrected chi connectivity index (χ4v) is 2.22. The van der Waals surface area contributed by atoms with Gasteiger partial charge >= 0.3 is 0 Å². The zero-order valence-corrected chi connectivity index (χ0v) is 11.4. The van der Waals surface area contributed by atoms with E-state index in [-0.39, 0.29) is 18.4 Å². The van der Waals surface area contributed by atoms with E-state index >= 15 is 0 Å². The number of hydrogen-bond donors (Lipinski definition) is 2. The number of aliphatic hydroxyl groups excluding tert-OH is 1. The van der Waals surface area contributed by atoms with Gasteiger partial charge in [0.25, 0.3) is 0 Å². The van der Waals surface area contributed by atoms with Crippen molar-refractivity contribution in [3.05, 3.63) is 48.0 Å². The smallest absolute Gasteiger partial charge is 0.0732 e. The molecular weight excluding hydrogens is 246 g/mol. The summed E-state index contributed by atoms with van der Waals surface area (Å²) in [5, 5.41) is 12.3. The third-order valence-corrected chi connectivity index (χ3v) is 3.18. The third-order valence-electron chi connectivity index (χ3n) is 3.18. The SMILES string of the molecule is CCC[C@@H](O)[C@@H](N)c1cccc2ccccc12.Cl. The van der Waals surface area contributed by atoms with E-state index in [1.807, 2.05) is 24.3 Å². The van der Waals surface area contributed by atoms with E-state index in [0.29, 0.717) is 0 Å². The average Bonchev–Trinajstić information content (AvgIpc) is 2.37.